The van der Waals surface area contributed by atoms with Gasteiger partial charge in [-0.25, -0.2) is 13.2 Å². The highest BCUT2D eigenvalue weighted by Crippen LogP contribution is 2.13. The molecule has 1 aromatic carbocycles. The highest BCUT2D eigenvalue weighted by atomic mass is 32.2. The monoisotopic (exact) mass is 453 g/mol. The van der Waals surface area contributed by atoms with E-state index in [2.05, 4.69) is 5.32 Å². The van der Waals surface area contributed by atoms with Crippen LogP contribution in [0.3, 0.4) is 0 Å². The number of hydrogen-bond donors (Lipinski definition) is 1. The van der Waals surface area contributed by atoms with Gasteiger partial charge in [0.2, 0.25) is 0 Å². The first-order valence-corrected chi connectivity index (χ1v) is 13.9. The van der Waals surface area contributed by atoms with Crippen LogP contribution >= 0.6 is 0 Å². The van der Waals surface area contributed by atoms with E-state index < -0.39 is 9.84 Å². The van der Waals surface area contributed by atoms with Crippen LogP contribution in [-0.2, 0) is 14.6 Å². The van der Waals surface area contributed by atoms with E-state index in [4.69, 9.17) is 4.74 Å². The van der Waals surface area contributed by atoms with Crippen LogP contribution < -0.4 is 5.32 Å². The maximum atomic E-state index is 11.8. The molecule has 0 bridgehead atoms. The van der Waals surface area contributed by atoms with E-state index in [1.54, 1.807) is 12.1 Å². The molecular formula is C25H43NO4S. The number of rotatable bonds is 18. The summed E-state index contributed by atoms with van der Waals surface area (Å²) in [5.74, 6) is 0.444. The van der Waals surface area contributed by atoms with E-state index in [0.717, 1.165) is 50.8 Å². The molecule has 0 radical (unpaired) electrons. The Morgan fingerprint density at radius 2 is 1.35 bits per heavy atom. The Morgan fingerprint density at radius 1 is 0.839 bits per heavy atom. The summed E-state index contributed by atoms with van der Waals surface area (Å²) in [6, 6.07) is 7.44. The van der Waals surface area contributed by atoms with Crippen LogP contribution in [0.5, 0.6) is 0 Å². The minimum Gasteiger partial charge on any atom is -0.459 e. The van der Waals surface area contributed by atoms with Gasteiger partial charge < -0.3 is 10.1 Å². The quantitative estimate of drug-likeness (QED) is 0.206. The standard InChI is InChI=1S/C25H43NO4S/c1-4-5-20-31(28,29)21-14-12-10-8-6-7-9-11-13-19-26-24-17-15-23(16-18-24)25(27)30-22(2)3/h15-18,22,26H,4-14,19-21H2,1-3H3. The third-order valence-electron chi connectivity index (χ3n) is 5.23. The van der Waals surface area contributed by atoms with Gasteiger partial charge in [0, 0.05) is 12.2 Å². The minimum absolute atomic E-state index is 0.107. The van der Waals surface area contributed by atoms with Gasteiger partial charge in [-0.1, -0.05) is 58.3 Å². The molecule has 31 heavy (non-hydrogen) atoms. The SMILES string of the molecule is CCCCS(=O)(=O)CCCCCCCCCCCNc1ccc(C(=O)OC(C)C)cc1. The Hall–Kier alpha value is -1.56. The van der Waals surface area contributed by atoms with Crippen molar-refractivity contribution in [1.29, 1.82) is 0 Å². The van der Waals surface area contributed by atoms with Crippen molar-refractivity contribution >= 4 is 21.5 Å². The largest absolute Gasteiger partial charge is 0.459 e. The molecule has 0 saturated heterocycles. The van der Waals surface area contributed by atoms with Crippen LogP contribution in [0.4, 0.5) is 5.69 Å². The number of benzene rings is 1. The van der Waals surface area contributed by atoms with E-state index in [1.165, 1.54) is 32.1 Å². The van der Waals surface area contributed by atoms with Gasteiger partial charge in [0.25, 0.3) is 0 Å². The lowest BCUT2D eigenvalue weighted by atomic mass is 10.1. The summed E-state index contributed by atoms with van der Waals surface area (Å²) in [5.41, 5.74) is 1.61. The topological polar surface area (TPSA) is 72.5 Å². The molecule has 0 fully saturated rings. The number of ether oxygens (including phenoxy) is 1. The molecule has 6 heteroatoms. The van der Waals surface area contributed by atoms with Crippen molar-refractivity contribution in [2.45, 2.75) is 97.5 Å². The van der Waals surface area contributed by atoms with Gasteiger partial charge in [-0.15, -0.1) is 0 Å². The number of nitrogens with one attached hydrogen (secondary N) is 1. The van der Waals surface area contributed by atoms with Gasteiger partial charge >= 0.3 is 5.97 Å². The van der Waals surface area contributed by atoms with E-state index in [9.17, 15) is 13.2 Å². The lowest BCUT2D eigenvalue weighted by Crippen LogP contribution is -2.11. The van der Waals surface area contributed by atoms with Gasteiger partial charge in [-0.05, 0) is 57.4 Å². The second-order valence-corrected chi connectivity index (χ2v) is 10.9. The zero-order valence-corrected chi connectivity index (χ0v) is 20.6. The maximum Gasteiger partial charge on any atom is 0.338 e. The molecule has 1 rings (SSSR count). The number of carbonyl (C=O) groups excluding carboxylic acids is 1. The van der Waals surface area contributed by atoms with Crippen LogP contribution in [0.1, 0.15) is 102 Å². The molecule has 0 atom stereocenters. The molecule has 5 nitrogen and oxygen atoms in total. The fourth-order valence-electron chi connectivity index (χ4n) is 3.39. The van der Waals surface area contributed by atoms with Crippen molar-refractivity contribution in [1.82, 2.24) is 0 Å². The minimum atomic E-state index is -2.81. The smallest absolute Gasteiger partial charge is 0.338 e. The summed E-state index contributed by atoms with van der Waals surface area (Å²) < 4.78 is 28.8. The average molecular weight is 454 g/mol. The Kier molecular flexibility index (Phi) is 14.3. The summed E-state index contributed by atoms with van der Waals surface area (Å²) in [5, 5.41) is 3.40. The van der Waals surface area contributed by atoms with E-state index in [0.29, 0.717) is 17.1 Å². The molecule has 0 spiro atoms. The van der Waals surface area contributed by atoms with Crippen molar-refractivity contribution in [3.05, 3.63) is 29.8 Å². The molecule has 0 aliphatic rings. The van der Waals surface area contributed by atoms with Gasteiger partial charge in [-0.3, -0.25) is 0 Å². The van der Waals surface area contributed by atoms with Crippen LogP contribution in [0.15, 0.2) is 24.3 Å². The molecule has 0 amide bonds. The first kappa shape index (κ1) is 27.5. The van der Waals surface area contributed by atoms with Gasteiger partial charge in [0.1, 0.15) is 9.84 Å². The van der Waals surface area contributed by atoms with E-state index >= 15 is 0 Å². The maximum absolute atomic E-state index is 11.8. The first-order valence-electron chi connectivity index (χ1n) is 12.1. The number of esters is 1. The molecule has 0 aliphatic carbocycles. The summed E-state index contributed by atoms with van der Waals surface area (Å²) in [4.78, 5) is 11.8. The Morgan fingerprint density at radius 3 is 1.90 bits per heavy atom. The Labute approximate surface area is 190 Å². The van der Waals surface area contributed by atoms with Crippen molar-refractivity contribution in [2.75, 3.05) is 23.4 Å². The summed E-state index contributed by atoms with van der Waals surface area (Å²) >= 11 is 0. The zero-order valence-electron chi connectivity index (χ0n) is 19.8. The zero-order chi connectivity index (χ0) is 23.0. The molecular weight excluding hydrogens is 410 g/mol. The molecule has 1 N–H and O–H groups in total. The van der Waals surface area contributed by atoms with Crippen LogP contribution in [0.25, 0.3) is 0 Å². The fraction of sp³-hybridized carbons (Fsp3) is 0.720. The van der Waals surface area contributed by atoms with Crippen LogP contribution in [0.2, 0.25) is 0 Å². The molecule has 0 saturated carbocycles. The Bertz CT molecular complexity index is 699. The van der Waals surface area contributed by atoms with Crippen molar-refractivity contribution < 1.29 is 17.9 Å². The lowest BCUT2D eigenvalue weighted by molar-refractivity contribution is 0.0378. The molecule has 0 heterocycles. The molecule has 0 aliphatic heterocycles. The van der Waals surface area contributed by atoms with Gasteiger partial charge in [-0.2, -0.15) is 0 Å². The highest BCUT2D eigenvalue weighted by Gasteiger charge is 2.09. The van der Waals surface area contributed by atoms with E-state index in [-0.39, 0.29) is 12.1 Å². The van der Waals surface area contributed by atoms with E-state index in [1.807, 2.05) is 32.9 Å². The molecule has 0 aromatic heterocycles. The number of unbranched alkanes of at least 4 members (excludes halogenated alkanes) is 9. The third-order valence-corrected chi connectivity index (χ3v) is 7.05. The second kappa shape index (κ2) is 16.1. The predicted octanol–water partition coefficient (Wildman–Crippen LogP) is 6.39. The highest BCUT2D eigenvalue weighted by molar-refractivity contribution is 7.91. The number of sulfone groups is 1. The first-order chi connectivity index (χ1) is 14.8. The fourth-order valence-corrected chi connectivity index (χ4v) is 4.97. The van der Waals surface area contributed by atoms with Crippen LogP contribution in [0, 0.1) is 0 Å². The van der Waals surface area contributed by atoms with Crippen molar-refractivity contribution in [2.24, 2.45) is 0 Å². The average Bonchev–Trinajstić information content (AvgIpc) is 2.73. The molecule has 1 aromatic rings. The normalized spacial score (nSPS) is 11.6. The molecule has 0 unspecified atom stereocenters. The summed E-state index contributed by atoms with van der Waals surface area (Å²) in [6.45, 7) is 6.65. The van der Waals surface area contributed by atoms with Crippen LogP contribution in [-0.4, -0.2) is 38.5 Å². The van der Waals surface area contributed by atoms with Gasteiger partial charge in [0.15, 0.2) is 0 Å². The van der Waals surface area contributed by atoms with Crippen molar-refractivity contribution in [3.63, 3.8) is 0 Å². The number of carbonyl (C=O) groups is 1. The lowest BCUT2D eigenvalue weighted by Gasteiger charge is -2.09. The molecule has 178 valence electrons. The predicted molar refractivity (Wildman–Crippen MR) is 131 cm³/mol. The summed E-state index contributed by atoms with van der Waals surface area (Å²) in [7, 11) is -2.81. The van der Waals surface area contributed by atoms with Crippen molar-refractivity contribution in [3.8, 4) is 0 Å². The Balaban J connectivity index is 1.97. The number of hydrogen-bond acceptors (Lipinski definition) is 5. The number of anilines is 1. The second-order valence-electron chi connectivity index (χ2n) is 8.65. The third kappa shape index (κ3) is 14.2. The van der Waals surface area contributed by atoms with Gasteiger partial charge in [0.05, 0.1) is 23.2 Å². The summed E-state index contributed by atoms with van der Waals surface area (Å²) in [6.07, 6.45) is 11.9.